The van der Waals surface area contributed by atoms with E-state index in [4.69, 9.17) is 0 Å². The Labute approximate surface area is 70.2 Å². The molecule has 0 aliphatic heterocycles. The van der Waals surface area contributed by atoms with E-state index >= 15 is 0 Å². The maximum Gasteiger partial charge on any atom is 0.434 e. The molecule has 0 saturated carbocycles. The third-order valence-electron chi connectivity index (χ3n) is 1.51. The molecule has 0 saturated heterocycles. The smallest absolute Gasteiger partial charge is 0.390 e. The third kappa shape index (κ3) is 1.81. The van der Waals surface area contributed by atoms with E-state index in [9.17, 15) is 10.1 Å². The highest BCUT2D eigenvalue weighted by molar-refractivity contribution is 5.06. The third-order valence-corrected chi connectivity index (χ3v) is 1.51. The average molecular weight is 168 g/mol. The van der Waals surface area contributed by atoms with Gasteiger partial charge in [0.2, 0.25) is 0 Å². The highest BCUT2D eigenvalue weighted by atomic mass is 16.6. The summed E-state index contributed by atoms with van der Waals surface area (Å²) in [5.74, 6) is -0.0940. The van der Waals surface area contributed by atoms with Crippen LogP contribution < -0.4 is 0 Å². The van der Waals surface area contributed by atoms with Crippen molar-refractivity contribution in [2.75, 3.05) is 0 Å². The molecule has 0 unspecified atom stereocenters. The molecule has 0 aliphatic carbocycles. The zero-order valence-corrected chi connectivity index (χ0v) is 6.64. The van der Waals surface area contributed by atoms with Crippen LogP contribution in [0, 0.1) is 17.0 Å². The molecule has 0 atom stereocenters. The molecule has 0 amide bonds. The second-order valence-electron chi connectivity index (χ2n) is 2.38. The lowest BCUT2D eigenvalue weighted by atomic mass is 10.3. The van der Waals surface area contributed by atoms with Crippen molar-refractivity contribution in [2.45, 2.75) is 19.4 Å². The average Bonchev–Trinajstić information content (AvgIpc) is 2.48. The number of imidazole rings is 1. The Morgan fingerprint density at radius 3 is 3.08 bits per heavy atom. The zero-order valence-electron chi connectivity index (χ0n) is 6.64. The van der Waals surface area contributed by atoms with Gasteiger partial charge in [0.15, 0.2) is 0 Å². The van der Waals surface area contributed by atoms with E-state index in [1.54, 1.807) is 6.20 Å². The molecule has 0 aliphatic rings. The predicted octanol–water partition coefficient (Wildman–Crippen LogP) is 1.41. The van der Waals surface area contributed by atoms with Gasteiger partial charge >= 0.3 is 5.95 Å². The van der Waals surface area contributed by atoms with Crippen LogP contribution in [0.15, 0.2) is 12.4 Å². The molecular formula is C7H10N3O2. The molecule has 0 fully saturated rings. The zero-order chi connectivity index (χ0) is 8.97. The number of hydrogen-bond donors (Lipinski definition) is 0. The monoisotopic (exact) mass is 168 g/mol. The fourth-order valence-corrected chi connectivity index (χ4v) is 0.930. The molecule has 1 aromatic rings. The number of aromatic nitrogens is 2. The van der Waals surface area contributed by atoms with Crippen molar-refractivity contribution >= 4 is 5.95 Å². The van der Waals surface area contributed by atoms with Crippen molar-refractivity contribution in [1.29, 1.82) is 0 Å². The van der Waals surface area contributed by atoms with E-state index in [-0.39, 0.29) is 5.95 Å². The van der Waals surface area contributed by atoms with E-state index in [1.807, 2.05) is 0 Å². The summed E-state index contributed by atoms with van der Waals surface area (Å²) in [7, 11) is 0. The first-order valence-electron chi connectivity index (χ1n) is 3.70. The summed E-state index contributed by atoms with van der Waals surface area (Å²) >= 11 is 0. The normalized spacial score (nSPS) is 10.1. The van der Waals surface area contributed by atoms with E-state index in [2.05, 4.69) is 11.9 Å². The van der Waals surface area contributed by atoms with Crippen molar-refractivity contribution in [3.05, 3.63) is 29.4 Å². The molecule has 1 heterocycles. The van der Waals surface area contributed by atoms with Crippen LogP contribution in [-0.4, -0.2) is 14.5 Å². The van der Waals surface area contributed by atoms with Gasteiger partial charge in [-0.05, 0) is 11.3 Å². The van der Waals surface area contributed by atoms with Gasteiger partial charge in [0.25, 0.3) is 0 Å². The minimum absolute atomic E-state index is 0.0940. The summed E-state index contributed by atoms with van der Waals surface area (Å²) in [4.78, 5) is 13.5. The molecule has 5 heteroatoms. The van der Waals surface area contributed by atoms with Gasteiger partial charge in [-0.3, -0.25) is 0 Å². The van der Waals surface area contributed by atoms with E-state index in [1.165, 1.54) is 10.8 Å². The number of nitro groups is 1. The summed E-state index contributed by atoms with van der Waals surface area (Å²) in [6.45, 7) is 4.27. The standard InChI is InChI=1S/C7H10N3O2/c1-2-3-5-9-6-4-8-7(9)10(11)12/h4,6H,1-3,5H2. The quantitative estimate of drug-likeness (QED) is 0.504. The van der Waals surface area contributed by atoms with Gasteiger partial charge in [-0.2, -0.15) is 0 Å². The first-order valence-corrected chi connectivity index (χ1v) is 3.70. The second kappa shape index (κ2) is 3.85. The lowest BCUT2D eigenvalue weighted by molar-refractivity contribution is -0.396. The summed E-state index contributed by atoms with van der Waals surface area (Å²) in [6.07, 6.45) is 4.64. The van der Waals surface area contributed by atoms with E-state index in [0.717, 1.165) is 12.8 Å². The first-order chi connectivity index (χ1) is 5.75. The summed E-state index contributed by atoms with van der Waals surface area (Å²) < 4.78 is 1.52. The SMILES string of the molecule is [CH2]CCCn1ccnc1[N+](=O)[O-]. The van der Waals surface area contributed by atoms with Crippen LogP contribution in [0.2, 0.25) is 0 Å². The Bertz CT molecular complexity index is 269. The summed E-state index contributed by atoms with van der Waals surface area (Å²) in [6, 6.07) is 0. The Kier molecular flexibility index (Phi) is 2.79. The highest BCUT2D eigenvalue weighted by Crippen LogP contribution is 2.08. The van der Waals surface area contributed by atoms with Gasteiger partial charge in [-0.25, -0.2) is 4.57 Å². The van der Waals surface area contributed by atoms with Crippen molar-refractivity contribution in [3.8, 4) is 0 Å². The molecule has 1 radical (unpaired) electrons. The van der Waals surface area contributed by atoms with Gasteiger partial charge in [0.05, 0.1) is 6.54 Å². The number of rotatable bonds is 4. The lowest BCUT2D eigenvalue weighted by Crippen LogP contribution is -2.02. The molecule has 12 heavy (non-hydrogen) atoms. The fourth-order valence-electron chi connectivity index (χ4n) is 0.930. The van der Waals surface area contributed by atoms with Crippen LogP contribution >= 0.6 is 0 Å². The van der Waals surface area contributed by atoms with Gasteiger partial charge in [0, 0.05) is 0 Å². The number of nitrogens with zero attached hydrogens (tertiary/aromatic N) is 3. The maximum atomic E-state index is 10.4. The van der Waals surface area contributed by atoms with Crippen LogP contribution in [-0.2, 0) is 6.54 Å². The highest BCUT2D eigenvalue weighted by Gasteiger charge is 2.12. The van der Waals surface area contributed by atoms with Crippen LogP contribution in [0.25, 0.3) is 0 Å². The van der Waals surface area contributed by atoms with Crippen molar-refractivity contribution in [3.63, 3.8) is 0 Å². The first kappa shape index (κ1) is 8.70. The van der Waals surface area contributed by atoms with Crippen LogP contribution in [0.5, 0.6) is 0 Å². The van der Waals surface area contributed by atoms with Crippen molar-refractivity contribution in [1.82, 2.24) is 9.55 Å². The molecule has 0 aromatic carbocycles. The fraction of sp³-hybridized carbons (Fsp3) is 0.429. The van der Waals surface area contributed by atoms with Crippen LogP contribution in [0.1, 0.15) is 12.8 Å². The van der Waals surface area contributed by atoms with E-state index in [0.29, 0.717) is 6.54 Å². The largest absolute Gasteiger partial charge is 0.434 e. The lowest BCUT2D eigenvalue weighted by Gasteiger charge is -1.98. The number of unbranched alkanes of at least 4 members (excludes halogenated alkanes) is 1. The Morgan fingerprint density at radius 1 is 1.75 bits per heavy atom. The maximum absolute atomic E-state index is 10.4. The Balaban J connectivity index is 2.70. The van der Waals surface area contributed by atoms with Crippen molar-refractivity contribution < 1.29 is 4.92 Å². The molecule has 0 bridgehead atoms. The van der Waals surface area contributed by atoms with Gasteiger partial charge in [-0.15, -0.1) is 0 Å². The summed E-state index contributed by atoms with van der Waals surface area (Å²) in [5.41, 5.74) is 0. The molecule has 65 valence electrons. The molecule has 1 rings (SSSR count). The Morgan fingerprint density at radius 2 is 2.50 bits per heavy atom. The molecular weight excluding hydrogens is 158 g/mol. The Hall–Kier alpha value is -1.39. The predicted molar refractivity (Wildman–Crippen MR) is 43.5 cm³/mol. The molecule has 0 N–H and O–H groups in total. The van der Waals surface area contributed by atoms with Crippen LogP contribution in [0.3, 0.4) is 0 Å². The van der Waals surface area contributed by atoms with Gasteiger partial charge in [0.1, 0.15) is 12.4 Å². The van der Waals surface area contributed by atoms with Crippen molar-refractivity contribution in [2.24, 2.45) is 0 Å². The molecule has 0 spiro atoms. The minimum Gasteiger partial charge on any atom is -0.390 e. The topological polar surface area (TPSA) is 61.0 Å². The van der Waals surface area contributed by atoms with Crippen LogP contribution in [0.4, 0.5) is 5.95 Å². The number of hydrogen-bond acceptors (Lipinski definition) is 3. The van der Waals surface area contributed by atoms with Gasteiger partial charge in [-0.1, -0.05) is 18.3 Å². The second-order valence-corrected chi connectivity index (χ2v) is 2.38. The summed E-state index contributed by atoms with van der Waals surface area (Å²) in [5, 5.41) is 10.4. The molecule has 5 nitrogen and oxygen atoms in total. The van der Waals surface area contributed by atoms with E-state index < -0.39 is 4.92 Å². The minimum atomic E-state index is -0.483. The van der Waals surface area contributed by atoms with Gasteiger partial charge < -0.3 is 10.1 Å². The number of aryl methyl sites for hydroxylation is 1. The molecule has 1 aromatic heterocycles.